The molecule has 3 N–H and O–H groups in total. The summed E-state index contributed by atoms with van der Waals surface area (Å²) in [5, 5.41) is 3.15. The van der Waals surface area contributed by atoms with E-state index in [4.69, 9.17) is 10.5 Å². The molecule has 2 rings (SSSR count). The van der Waals surface area contributed by atoms with E-state index in [-0.39, 0.29) is 0 Å². The zero-order valence-corrected chi connectivity index (χ0v) is 10.1. The first-order valence-electron chi connectivity index (χ1n) is 6.27. The van der Waals surface area contributed by atoms with Crippen LogP contribution in [0.4, 0.5) is 11.6 Å². The van der Waals surface area contributed by atoms with Gasteiger partial charge in [0.2, 0.25) is 0 Å². The molecular formula is C12H20N4O. The number of ether oxygens (including phenoxy) is 1. The summed E-state index contributed by atoms with van der Waals surface area (Å²) in [5.74, 6) is 1.14. The van der Waals surface area contributed by atoms with E-state index in [0.717, 1.165) is 6.54 Å². The van der Waals surface area contributed by atoms with Crippen molar-refractivity contribution >= 4 is 11.6 Å². The summed E-state index contributed by atoms with van der Waals surface area (Å²) in [6.45, 7) is 1.45. The Bertz CT molecular complexity index is 339. The number of nitrogens with zero attached hydrogens (tertiary/aromatic N) is 2. The van der Waals surface area contributed by atoms with E-state index in [9.17, 15) is 0 Å². The van der Waals surface area contributed by atoms with Gasteiger partial charge in [-0.2, -0.15) is 0 Å². The van der Waals surface area contributed by atoms with E-state index in [1.54, 1.807) is 6.20 Å². The van der Waals surface area contributed by atoms with Crippen LogP contribution in [0.1, 0.15) is 32.1 Å². The van der Waals surface area contributed by atoms with E-state index in [2.05, 4.69) is 15.3 Å². The monoisotopic (exact) mass is 236 g/mol. The number of nitrogens with one attached hydrogen (secondary N) is 1. The second-order valence-corrected chi connectivity index (χ2v) is 4.39. The first-order chi connectivity index (χ1) is 8.34. The minimum Gasteiger partial charge on any atom is -0.382 e. The third kappa shape index (κ3) is 4.19. The number of aromatic nitrogens is 2. The van der Waals surface area contributed by atoms with Gasteiger partial charge in [-0.25, -0.2) is 4.98 Å². The minimum absolute atomic E-state index is 0.434. The van der Waals surface area contributed by atoms with Gasteiger partial charge in [0, 0.05) is 6.54 Å². The lowest BCUT2D eigenvalue weighted by molar-refractivity contribution is 0.0347. The summed E-state index contributed by atoms with van der Waals surface area (Å²) < 4.78 is 5.79. The molecule has 0 bridgehead atoms. The number of hydrogen-bond acceptors (Lipinski definition) is 5. The third-order valence-electron chi connectivity index (χ3n) is 2.97. The number of anilines is 2. The summed E-state index contributed by atoms with van der Waals surface area (Å²) in [6.07, 6.45) is 10.0. The Kier molecular flexibility index (Phi) is 4.55. The van der Waals surface area contributed by atoms with E-state index < -0.39 is 0 Å². The van der Waals surface area contributed by atoms with Crippen molar-refractivity contribution in [2.45, 2.75) is 38.2 Å². The smallest absolute Gasteiger partial charge is 0.147 e. The maximum atomic E-state index is 5.79. The topological polar surface area (TPSA) is 73.1 Å². The quantitative estimate of drug-likeness (QED) is 0.763. The number of nitrogens with two attached hydrogens (primary N) is 1. The predicted octanol–water partition coefficient (Wildman–Crippen LogP) is 1.82. The number of rotatable bonds is 5. The van der Waals surface area contributed by atoms with Crippen LogP contribution in [0.25, 0.3) is 0 Å². The van der Waals surface area contributed by atoms with E-state index in [1.807, 2.05) is 0 Å². The largest absolute Gasteiger partial charge is 0.382 e. The van der Waals surface area contributed by atoms with Crippen LogP contribution in [0.2, 0.25) is 0 Å². The summed E-state index contributed by atoms with van der Waals surface area (Å²) in [6, 6.07) is 0. The molecule has 1 fully saturated rings. The molecule has 0 amide bonds. The lowest BCUT2D eigenvalue weighted by Gasteiger charge is -2.22. The van der Waals surface area contributed by atoms with Crippen LogP contribution in [0, 0.1) is 0 Å². The molecule has 0 saturated heterocycles. The molecule has 0 spiro atoms. The Morgan fingerprint density at radius 1 is 1.29 bits per heavy atom. The van der Waals surface area contributed by atoms with Crippen LogP contribution in [0.5, 0.6) is 0 Å². The fourth-order valence-corrected chi connectivity index (χ4v) is 2.10. The van der Waals surface area contributed by atoms with Crippen molar-refractivity contribution < 1.29 is 4.74 Å². The molecule has 1 heterocycles. The minimum atomic E-state index is 0.434. The molecule has 0 unspecified atom stereocenters. The Hall–Kier alpha value is -1.36. The molecule has 0 aromatic carbocycles. The predicted molar refractivity (Wildman–Crippen MR) is 67.8 cm³/mol. The van der Waals surface area contributed by atoms with E-state index in [1.165, 1.54) is 38.3 Å². The van der Waals surface area contributed by atoms with Crippen LogP contribution < -0.4 is 11.1 Å². The maximum Gasteiger partial charge on any atom is 0.147 e. The van der Waals surface area contributed by atoms with Crippen molar-refractivity contribution in [3.63, 3.8) is 0 Å². The highest BCUT2D eigenvalue weighted by molar-refractivity contribution is 5.38. The van der Waals surface area contributed by atoms with Crippen LogP contribution in [0.15, 0.2) is 12.4 Å². The Morgan fingerprint density at radius 3 is 2.88 bits per heavy atom. The SMILES string of the molecule is Nc1cncc(NCCOC2CCCCC2)n1. The first kappa shape index (κ1) is 12.1. The van der Waals surface area contributed by atoms with Gasteiger partial charge in [0.1, 0.15) is 11.6 Å². The fourth-order valence-electron chi connectivity index (χ4n) is 2.10. The Labute approximate surface area is 102 Å². The van der Waals surface area contributed by atoms with Gasteiger partial charge in [-0.05, 0) is 12.8 Å². The van der Waals surface area contributed by atoms with E-state index >= 15 is 0 Å². The zero-order valence-electron chi connectivity index (χ0n) is 10.1. The summed E-state index contributed by atoms with van der Waals surface area (Å²) in [7, 11) is 0. The van der Waals surface area contributed by atoms with Crippen molar-refractivity contribution in [1.29, 1.82) is 0 Å². The summed E-state index contributed by atoms with van der Waals surface area (Å²) in [5.41, 5.74) is 5.53. The van der Waals surface area contributed by atoms with Gasteiger partial charge in [0.15, 0.2) is 0 Å². The lowest BCUT2D eigenvalue weighted by atomic mass is 9.98. The van der Waals surface area contributed by atoms with Gasteiger partial charge < -0.3 is 15.8 Å². The maximum absolute atomic E-state index is 5.79. The summed E-state index contributed by atoms with van der Waals surface area (Å²) >= 11 is 0. The molecular weight excluding hydrogens is 216 g/mol. The highest BCUT2D eigenvalue weighted by Gasteiger charge is 2.12. The molecule has 0 aliphatic heterocycles. The summed E-state index contributed by atoms with van der Waals surface area (Å²) in [4.78, 5) is 8.07. The highest BCUT2D eigenvalue weighted by Crippen LogP contribution is 2.19. The van der Waals surface area contributed by atoms with Crippen molar-refractivity contribution in [2.24, 2.45) is 0 Å². The Balaban J connectivity index is 1.62. The average Bonchev–Trinajstić information content (AvgIpc) is 2.36. The number of hydrogen-bond donors (Lipinski definition) is 2. The molecule has 0 atom stereocenters. The zero-order chi connectivity index (χ0) is 11.9. The second-order valence-electron chi connectivity index (χ2n) is 4.39. The molecule has 1 saturated carbocycles. The normalized spacial score (nSPS) is 16.9. The molecule has 5 nitrogen and oxygen atoms in total. The molecule has 1 aromatic rings. The Morgan fingerprint density at radius 2 is 2.12 bits per heavy atom. The molecule has 1 aliphatic carbocycles. The van der Waals surface area contributed by atoms with Gasteiger partial charge in [0.05, 0.1) is 25.1 Å². The average molecular weight is 236 g/mol. The van der Waals surface area contributed by atoms with Crippen LogP contribution in [0.3, 0.4) is 0 Å². The van der Waals surface area contributed by atoms with Crippen LogP contribution in [-0.2, 0) is 4.74 Å². The third-order valence-corrected chi connectivity index (χ3v) is 2.97. The second kappa shape index (κ2) is 6.39. The number of nitrogen functional groups attached to an aromatic ring is 1. The van der Waals surface area contributed by atoms with Gasteiger partial charge in [0.25, 0.3) is 0 Å². The molecule has 0 radical (unpaired) electrons. The van der Waals surface area contributed by atoms with Crippen molar-refractivity contribution in [2.75, 3.05) is 24.2 Å². The van der Waals surface area contributed by atoms with Gasteiger partial charge in [-0.1, -0.05) is 19.3 Å². The van der Waals surface area contributed by atoms with Crippen molar-refractivity contribution in [1.82, 2.24) is 9.97 Å². The molecule has 94 valence electrons. The van der Waals surface area contributed by atoms with Crippen LogP contribution >= 0.6 is 0 Å². The molecule has 17 heavy (non-hydrogen) atoms. The molecule has 1 aliphatic rings. The van der Waals surface area contributed by atoms with Gasteiger partial charge >= 0.3 is 0 Å². The first-order valence-corrected chi connectivity index (χ1v) is 6.27. The molecule has 5 heteroatoms. The standard InChI is InChI=1S/C12H20N4O/c13-11-8-14-9-12(16-11)15-6-7-17-10-4-2-1-3-5-10/h8-10H,1-7H2,(H3,13,15,16). The van der Waals surface area contributed by atoms with Crippen LogP contribution in [-0.4, -0.2) is 29.2 Å². The molecule has 1 aromatic heterocycles. The van der Waals surface area contributed by atoms with Gasteiger partial charge in [-0.3, -0.25) is 4.98 Å². The van der Waals surface area contributed by atoms with E-state index in [0.29, 0.717) is 24.3 Å². The lowest BCUT2D eigenvalue weighted by Crippen LogP contribution is -2.20. The highest BCUT2D eigenvalue weighted by atomic mass is 16.5. The van der Waals surface area contributed by atoms with Crippen molar-refractivity contribution in [3.8, 4) is 0 Å². The van der Waals surface area contributed by atoms with Crippen molar-refractivity contribution in [3.05, 3.63) is 12.4 Å². The fraction of sp³-hybridized carbons (Fsp3) is 0.667. The van der Waals surface area contributed by atoms with Gasteiger partial charge in [-0.15, -0.1) is 0 Å².